The van der Waals surface area contributed by atoms with Crippen LogP contribution in [0.5, 0.6) is 0 Å². The molecular weight excluding hydrogens is 370 g/mol. The molecule has 1 saturated heterocycles. The Labute approximate surface area is 171 Å². The van der Waals surface area contributed by atoms with E-state index in [1.807, 2.05) is 63.6 Å². The van der Waals surface area contributed by atoms with E-state index in [9.17, 15) is 9.59 Å². The zero-order chi connectivity index (χ0) is 21.3. The first-order chi connectivity index (χ1) is 13.6. The smallest absolute Gasteiger partial charge is 0.410 e. The zero-order valence-corrected chi connectivity index (χ0v) is 17.8. The van der Waals surface area contributed by atoms with Crippen LogP contribution in [0, 0.1) is 0 Å². The van der Waals surface area contributed by atoms with E-state index in [1.54, 1.807) is 4.90 Å². The highest BCUT2D eigenvalue weighted by molar-refractivity contribution is 6.05. The first-order valence-electron chi connectivity index (χ1n) is 10.1. The van der Waals surface area contributed by atoms with Crippen LogP contribution >= 0.6 is 0 Å². The van der Waals surface area contributed by atoms with Gasteiger partial charge >= 0.3 is 6.09 Å². The monoisotopic (exact) mass is 401 g/mol. The van der Waals surface area contributed by atoms with Gasteiger partial charge in [-0.15, -0.1) is 0 Å². The lowest BCUT2D eigenvalue weighted by atomic mass is 10.1. The summed E-state index contributed by atoms with van der Waals surface area (Å²) in [5.41, 5.74) is 6.60. The maximum atomic E-state index is 13.0. The van der Waals surface area contributed by atoms with Gasteiger partial charge in [-0.05, 0) is 47.1 Å². The number of amides is 2. The summed E-state index contributed by atoms with van der Waals surface area (Å²) in [6.45, 7) is 10.2. The second-order valence-corrected chi connectivity index (χ2v) is 8.83. The molecule has 0 unspecified atom stereocenters. The topological polar surface area (TPSA) is 102 Å². The van der Waals surface area contributed by atoms with Gasteiger partial charge in [-0.2, -0.15) is 5.10 Å². The second kappa shape index (κ2) is 8.02. The Morgan fingerprint density at radius 2 is 2.00 bits per heavy atom. The summed E-state index contributed by atoms with van der Waals surface area (Å²) >= 11 is 0. The van der Waals surface area contributed by atoms with Gasteiger partial charge in [-0.25, -0.2) is 4.79 Å². The zero-order valence-electron chi connectivity index (χ0n) is 17.8. The molecule has 0 spiro atoms. The summed E-state index contributed by atoms with van der Waals surface area (Å²) in [5.74, 6) is -0.243. The molecule has 1 aromatic carbocycles. The number of likely N-dealkylation sites (tertiary alicyclic amines) is 1. The fourth-order valence-electron chi connectivity index (χ4n) is 3.69. The molecule has 1 aliphatic rings. The quantitative estimate of drug-likeness (QED) is 0.820. The van der Waals surface area contributed by atoms with Crippen molar-refractivity contribution in [1.82, 2.24) is 20.0 Å². The molecule has 29 heavy (non-hydrogen) atoms. The Morgan fingerprint density at radius 1 is 1.31 bits per heavy atom. The number of carbonyl (C=O) groups is 2. The van der Waals surface area contributed by atoms with Crippen LogP contribution in [0.25, 0.3) is 10.9 Å². The lowest BCUT2D eigenvalue weighted by molar-refractivity contribution is 0.0228. The Hall–Kier alpha value is -2.61. The molecule has 158 valence electrons. The lowest BCUT2D eigenvalue weighted by Crippen LogP contribution is -2.43. The Kier molecular flexibility index (Phi) is 5.84. The number of nitrogens with one attached hydrogen (secondary N) is 1. The Bertz CT molecular complexity index is 899. The van der Waals surface area contributed by atoms with Crippen LogP contribution in [-0.2, 0) is 4.74 Å². The number of rotatable bonds is 4. The third kappa shape index (κ3) is 4.53. The Balaban J connectivity index is 1.76. The number of carbonyl (C=O) groups excluding carboxylic acids is 2. The maximum Gasteiger partial charge on any atom is 0.410 e. The molecule has 2 heterocycles. The number of aromatic nitrogens is 2. The minimum absolute atomic E-state index is 0.136. The normalized spacial score (nSPS) is 19.8. The molecule has 3 rings (SSSR count). The summed E-state index contributed by atoms with van der Waals surface area (Å²) in [4.78, 5) is 27.1. The van der Waals surface area contributed by atoms with E-state index in [0.717, 1.165) is 10.9 Å². The largest absolute Gasteiger partial charge is 0.444 e. The van der Waals surface area contributed by atoms with Crippen LogP contribution in [0.1, 0.15) is 57.6 Å². The molecular formula is C21H31N5O3. The minimum Gasteiger partial charge on any atom is -0.444 e. The molecule has 2 atom stereocenters. The van der Waals surface area contributed by atoms with E-state index in [2.05, 4.69) is 10.4 Å². The first-order valence-corrected chi connectivity index (χ1v) is 10.1. The van der Waals surface area contributed by atoms with E-state index in [4.69, 9.17) is 10.5 Å². The summed E-state index contributed by atoms with van der Waals surface area (Å²) in [7, 11) is 0. The van der Waals surface area contributed by atoms with E-state index in [-0.39, 0.29) is 24.0 Å². The van der Waals surface area contributed by atoms with Crippen LogP contribution in [0.15, 0.2) is 24.3 Å². The van der Waals surface area contributed by atoms with Crippen molar-refractivity contribution in [3.05, 3.63) is 30.0 Å². The second-order valence-electron chi connectivity index (χ2n) is 8.83. The molecule has 0 radical (unpaired) electrons. The number of benzene rings is 1. The van der Waals surface area contributed by atoms with Crippen molar-refractivity contribution in [3.8, 4) is 0 Å². The molecule has 0 saturated carbocycles. The Morgan fingerprint density at radius 3 is 2.62 bits per heavy atom. The molecule has 1 fully saturated rings. The third-order valence-electron chi connectivity index (χ3n) is 4.97. The summed E-state index contributed by atoms with van der Waals surface area (Å²) in [6, 6.07) is 7.47. The number of hydrogen-bond donors (Lipinski definition) is 2. The molecule has 2 aromatic rings. The molecule has 1 aromatic heterocycles. The van der Waals surface area contributed by atoms with Crippen molar-refractivity contribution < 1.29 is 14.3 Å². The van der Waals surface area contributed by atoms with Crippen molar-refractivity contribution in [2.24, 2.45) is 5.73 Å². The van der Waals surface area contributed by atoms with Crippen molar-refractivity contribution >= 4 is 22.9 Å². The van der Waals surface area contributed by atoms with Gasteiger partial charge < -0.3 is 20.7 Å². The molecule has 1 aliphatic heterocycles. The summed E-state index contributed by atoms with van der Waals surface area (Å²) in [5, 5.41) is 8.39. The van der Waals surface area contributed by atoms with E-state index < -0.39 is 11.7 Å². The predicted octanol–water partition coefficient (Wildman–Crippen LogP) is 2.68. The molecule has 0 bridgehead atoms. The van der Waals surface area contributed by atoms with Gasteiger partial charge in [0.25, 0.3) is 5.91 Å². The van der Waals surface area contributed by atoms with Gasteiger partial charge in [0.1, 0.15) is 5.60 Å². The van der Waals surface area contributed by atoms with Gasteiger partial charge in [0, 0.05) is 36.6 Å². The number of ether oxygens (including phenoxy) is 1. The summed E-state index contributed by atoms with van der Waals surface area (Å²) in [6.07, 6.45) is 0.184. The standard InChI is InChI=1S/C21H31N5O3/c1-13(2)26-17-9-7-6-8-16(17)18(24-26)19(27)23-14-10-15(11-22)25(12-14)20(28)29-21(3,4)5/h6-9,13-15H,10-12,22H2,1-5H3,(H,23,27)/t14-,15-/m0/s1. The molecule has 3 N–H and O–H groups in total. The van der Waals surface area contributed by atoms with Crippen molar-refractivity contribution in [2.75, 3.05) is 13.1 Å². The fourth-order valence-corrected chi connectivity index (χ4v) is 3.69. The molecule has 0 aliphatic carbocycles. The fraction of sp³-hybridized carbons (Fsp3) is 0.571. The van der Waals surface area contributed by atoms with Crippen molar-refractivity contribution in [1.29, 1.82) is 0 Å². The van der Waals surface area contributed by atoms with E-state index in [0.29, 0.717) is 25.2 Å². The highest BCUT2D eigenvalue weighted by Crippen LogP contribution is 2.24. The van der Waals surface area contributed by atoms with Crippen LogP contribution in [0.3, 0.4) is 0 Å². The van der Waals surface area contributed by atoms with Gasteiger partial charge in [0.15, 0.2) is 5.69 Å². The molecule has 8 nitrogen and oxygen atoms in total. The molecule has 2 amide bonds. The van der Waals surface area contributed by atoms with Gasteiger partial charge in [0.05, 0.1) is 5.52 Å². The SMILES string of the molecule is CC(C)n1nc(C(=O)N[C@H]2C[C@@H](CN)N(C(=O)OC(C)(C)C)C2)c2ccccc21. The van der Waals surface area contributed by atoms with Crippen LogP contribution < -0.4 is 11.1 Å². The average Bonchev–Trinajstić information content (AvgIpc) is 3.21. The van der Waals surface area contributed by atoms with E-state index in [1.165, 1.54) is 0 Å². The number of para-hydroxylation sites is 1. The first kappa shape index (κ1) is 21.1. The number of hydrogen-bond acceptors (Lipinski definition) is 5. The highest BCUT2D eigenvalue weighted by atomic mass is 16.6. The number of fused-ring (bicyclic) bond motifs is 1. The minimum atomic E-state index is -0.583. The van der Waals surface area contributed by atoms with Gasteiger partial charge in [-0.1, -0.05) is 18.2 Å². The lowest BCUT2D eigenvalue weighted by Gasteiger charge is -2.27. The van der Waals surface area contributed by atoms with Crippen molar-refractivity contribution in [2.45, 2.75) is 64.8 Å². The third-order valence-corrected chi connectivity index (χ3v) is 4.97. The average molecular weight is 402 g/mol. The van der Waals surface area contributed by atoms with Crippen LogP contribution in [-0.4, -0.2) is 57.5 Å². The van der Waals surface area contributed by atoms with Crippen LogP contribution in [0.4, 0.5) is 4.79 Å². The maximum absolute atomic E-state index is 13.0. The number of nitrogens with zero attached hydrogens (tertiary/aromatic N) is 3. The van der Waals surface area contributed by atoms with E-state index >= 15 is 0 Å². The van der Waals surface area contributed by atoms with Crippen molar-refractivity contribution in [3.63, 3.8) is 0 Å². The highest BCUT2D eigenvalue weighted by Gasteiger charge is 2.38. The van der Waals surface area contributed by atoms with Gasteiger partial charge in [0.2, 0.25) is 0 Å². The predicted molar refractivity (Wildman–Crippen MR) is 112 cm³/mol. The number of nitrogens with two attached hydrogens (primary N) is 1. The van der Waals surface area contributed by atoms with Crippen LogP contribution in [0.2, 0.25) is 0 Å². The van der Waals surface area contributed by atoms with Gasteiger partial charge in [-0.3, -0.25) is 9.48 Å². The molecule has 8 heteroatoms. The summed E-state index contributed by atoms with van der Waals surface area (Å²) < 4.78 is 7.34.